The largest absolute Gasteiger partial charge is 0.354 e. The Bertz CT molecular complexity index is 526. The second-order valence-electron chi connectivity index (χ2n) is 3.86. The van der Waals surface area contributed by atoms with Gasteiger partial charge in [-0.3, -0.25) is 0 Å². The van der Waals surface area contributed by atoms with Gasteiger partial charge in [-0.2, -0.15) is 0 Å². The van der Waals surface area contributed by atoms with E-state index in [0.29, 0.717) is 11.1 Å². The van der Waals surface area contributed by atoms with Crippen LogP contribution in [0.25, 0.3) is 0 Å². The summed E-state index contributed by atoms with van der Waals surface area (Å²) in [5.74, 6) is 0.637. The van der Waals surface area contributed by atoms with Gasteiger partial charge in [-0.1, -0.05) is 0 Å². The van der Waals surface area contributed by atoms with Crippen LogP contribution in [0.5, 0.6) is 0 Å². The number of nitrogens with zero attached hydrogens (tertiary/aromatic N) is 4. The average Bonchev–Trinajstić information content (AvgIpc) is 2.36. The third kappa shape index (κ3) is 3.16. The number of hydrogen-bond acceptors (Lipinski definition) is 6. The molecule has 0 aliphatic carbocycles. The van der Waals surface area contributed by atoms with Crippen LogP contribution in [0.1, 0.15) is 18.1 Å². The first-order valence-electron chi connectivity index (χ1n) is 5.73. The molecule has 0 saturated carbocycles. The molecule has 2 aromatic rings. The number of anilines is 1. The Hall–Kier alpha value is -1.69. The lowest BCUT2D eigenvalue weighted by molar-refractivity contribution is 0.932. The standard InChI is InChI=1S/C12H15N5S/c1-4-13-11-14-7-9(3)10(17-11)18-12-15-5-8(2)6-16-12/h5-7H,4H2,1-3H3,(H,13,14,17). The van der Waals surface area contributed by atoms with Crippen molar-refractivity contribution in [3.8, 4) is 0 Å². The number of hydrogen-bond donors (Lipinski definition) is 1. The maximum absolute atomic E-state index is 4.44. The zero-order valence-electron chi connectivity index (χ0n) is 10.6. The monoisotopic (exact) mass is 261 g/mol. The minimum Gasteiger partial charge on any atom is -0.354 e. The van der Waals surface area contributed by atoms with Gasteiger partial charge in [0.05, 0.1) is 0 Å². The third-order valence-electron chi connectivity index (χ3n) is 2.21. The van der Waals surface area contributed by atoms with Crippen LogP contribution in [0.3, 0.4) is 0 Å². The fraction of sp³-hybridized carbons (Fsp3) is 0.333. The molecule has 94 valence electrons. The summed E-state index contributed by atoms with van der Waals surface area (Å²) in [5, 5.41) is 4.67. The van der Waals surface area contributed by atoms with E-state index in [9.17, 15) is 0 Å². The van der Waals surface area contributed by atoms with E-state index < -0.39 is 0 Å². The quantitative estimate of drug-likeness (QED) is 0.674. The van der Waals surface area contributed by atoms with Crippen molar-refractivity contribution in [2.24, 2.45) is 0 Å². The molecular formula is C12H15N5S. The van der Waals surface area contributed by atoms with Crippen molar-refractivity contribution in [2.75, 3.05) is 11.9 Å². The molecule has 1 N–H and O–H groups in total. The first-order chi connectivity index (χ1) is 8.69. The zero-order chi connectivity index (χ0) is 13.0. The van der Waals surface area contributed by atoms with Gasteiger partial charge in [0, 0.05) is 30.7 Å². The second-order valence-corrected chi connectivity index (χ2v) is 4.81. The van der Waals surface area contributed by atoms with Crippen LogP contribution in [0.15, 0.2) is 28.8 Å². The van der Waals surface area contributed by atoms with Crippen molar-refractivity contribution < 1.29 is 0 Å². The lowest BCUT2D eigenvalue weighted by atomic mass is 10.4. The van der Waals surface area contributed by atoms with E-state index in [2.05, 4.69) is 25.3 Å². The molecule has 0 fully saturated rings. The van der Waals surface area contributed by atoms with Crippen molar-refractivity contribution in [3.63, 3.8) is 0 Å². The van der Waals surface area contributed by atoms with Crippen molar-refractivity contribution in [1.29, 1.82) is 0 Å². The van der Waals surface area contributed by atoms with E-state index >= 15 is 0 Å². The molecule has 18 heavy (non-hydrogen) atoms. The van der Waals surface area contributed by atoms with Crippen LogP contribution < -0.4 is 5.32 Å². The fourth-order valence-corrected chi connectivity index (χ4v) is 2.02. The highest BCUT2D eigenvalue weighted by molar-refractivity contribution is 7.99. The smallest absolute Gasteiger partial charge is 0.223 e. The van der Waals surface area contributed by atoms with Crippen molar-refractivity contribution in [2.45, 2.75) is 31.0 Å². The first kappa shape index (κ1) is 12.8. The summed E-state index contributed by atoms with van der Waals surface area (Å²) in [6, 6.07) is 0. The summed E-state index contributed by atoms with van der Waals surface area (Å²) in [6.07, 6.45) is 5.41. The summed E-state index contributed by atoms with van der Waals surface area (Å²) in [6.45, 7) is 6.76. The van der Waals surface area contributed by atoms with Gasteiger partial charge < -0.3 is 5.32 Å². The topological polar surface area (TPSA) is 63.6 Å². The van der Waals surface area contributed by atoms with Crippen molar-refractivity contribution >= 4 is 17.7 Å². The second kappa shape index (κ2) is 5.77. The van der Waals surface area contributed by atoms with Gasteiger partial charge in [-0.15, -0.1) is 0 Å². The number of nitrogens with one attached hydrogen (secondary N) is 1. The molecule has 6 heteroatoms. The van der Waals surface area contributed by atoms with E-state index in [1.807, 2.05) is 27.0 Å². The zero-order valence-corrected chi connectivity index (χ0v) is 11.5. The minimum atomic E-state index is 0.637. The molecule has 0 aliphatic heterocycles. The molecule has 0 atom stereocenters. The van der Waals surface area contributed by atoms with E-state index in [4.69, 9.17) is 0 Å². The molecule has 0 spiro atoms. The van der Waals surface area contributed by atoms with Crippen LogP contribution >= 0.6 is 11.8 Å². The first-order valence-corrected chi connectivity index (χ1v) is 6.54. The van der Waals surface area contributed by atoms with E-state index in [-0.39, 0.29) is 0 Å². The summed E-state index contributed by atoms with van der Waals surface area (Å²) in [5.41, 5.74) is 2.07. The molecule has 2 heterocycles. The molecule has 0 amide bonds. The summed E-state index contributed by atoms with van der Waals surface area (Å²) >= 11 is 1.45. The predicted molar refractivity (Wildman–Crippen MR) is 71.8 cm³/mol. The van der Waals surface area contributed by atoms with Crippen LogP contribution in [-0.4, -0.2) is 26.5 Å². The molecule has 2 aromatic heterocycles. The van der Waals surface area contributed by atoms with Gasteiger partial charge in [0.15, 0.2) is 5.16 Å². The molecule has 0 radical (unpaired) electrons. The molecule has 0 bridgehead atoms. The molecule has 5 nitrogen and oxygen atoms in total. The van der Waals surface area contributed by atoms with Gasteiger partial charge in [0.1, 0.15) is 5.03 Å². The summed E-state index contributed by atoms with van der Waals surface area (Å²) in [7, 11) is 0. The molecular weight excluding hydrogens is 246 g/mol. The van der Waals surface area contributed by atoms with Gasteiger partial charge >= 0.3 is 0 Å². The predicted octanol–water partition coefficient (Wildman–Crippen LogP) is 2.47. The lowest BCUT2D eigenvalue weighted by Crippen LogP contribution is -2.03. The summed E-state index contributed by atoms with van der Waals surface area (Å²) < 4.78 is 0. The van der Waals surface area contributed by atoms with E-state index in [1.165, 1.54) is 11.8 Å². The molecule has 0 aromatic carbocycles. The van der Waals surface area contributed by atoms with Crippen LogP contribution in [0.4, 0.5) is 5.95 Å². The Kier molecular flexibility index (Phi) is 4.09. The van der Waals surface area contributed by atoms with E-state index in [0.717, 1.165) is 22.7 Å². The van der Waals surface area contributed by atoms with Crippen molar-refractivity contribution in [3.05, 3.63) is 29.7 Å². The normalized spacial score (nSPS) is 10.4. The maximum Gasteiger partial charge on any atom is 0.223 e. The fourth-order valence-electron chi connectivity index (χ4n) is 1.29. The maximum atomic E-state index is 4.44. The number of aromatic nitrogens is 4. The van der Waals surface area contributed by atoms with Crippen molar-refractivity contribution in [1.82, 2.24) is 19.9 Å². The molecule has 0 aliphatic rings. The highest BCUT2D eigenvalue weighted by Crippen LogP contribution is 2.25. The molecule has 2 rings (SSSR count). The van der Waals surface area contributed by atoms with Gasteiger partial charge in [0.2, 0.25) is 5.95 Å². The highest BCUT2D eigenvalue weighted by atomic mass is 32.2. The van der Waals surface area contributed by atoms with Crippen LogP contribution in [-0.2, 0) is 0 Å². The molecule has 0 unspecified atom stereocenters. The van der Waals surface area contributed by atoms with E-state index in [1.54, 1.807) is 12.4 Å². The van der Waals surface area contributed by atoms with Crippen LogP contribution in [0, 0.1) is 13.8 Å². The minimum absolute atomic E-state index is 0.637. The summed E-state index contributed by atoms with van der Waals surface area (Å²) in [4.78, 5) is 17.2. The molecule has 0 saturated heterocycles. The number of aryl methyl sites for hydroxylation is 2. The highest BCUT2D eigenvalue weighted by Gasteiger charge is 2.07. The number of rotatable bonds is 4. The Morgan fingerprint density at radius 2 is 1.83 bits per heavy atom. The Balaban J connectivity index is 2.22. The van der Waals surface area contributed by atoms with Gasteiger partial charge in [-0.05, 0) is 38.1 Å². The van der Waals surface area contributed by atoms with Crippen LogP contribution in [0.2, 0.25) is 0 Å². The SMILES string of the molecule is CCNc1ncc(C)c(Sc2ncc(C)cn2)n1. The third-order valence-corrected chi connectivity index (χ3v) is 3.21. The van der Waals surface area contributed by atoms with Gasteiger partial charge in [-0.25, -0.2) is 19.9 Å². The lowest BCUT2D eigenvalue weighted by Gasteiger charge is -2.06. The van der Waals surface area contributed by atoms with Gasteiger partial charge in [0.25, 0.3) is 0 Å². The average molecular weight is 261 g/mol. The Labute approximate surface area is 110 Å². The Morgan fingerprint density at radius 1 is 1.11 bits per heavy atom. The Morgan fingerprint density at radius 3 is 2.50 bits per heavy atom.